The molecule has 0 fully saturated rings. The molecule has 19 heavy (non-hydrogen) atoms. The van der Waals surface area contributed by atoms with Crippen LogP contribution >= 0.6 is 11.6 Å². The van der Waals surface area contributed by atoms with Crippen LogP contribution in [0.25, 0.3) is 0 Å². The van der Waals surface area contributed by atoms with Gasteiger partial charge in [-0.2, -0.15) is 0 Å². The van der Waals surface area contributed by atoms with E-state index < -0.39 is 0 Å². The number of benzene rings is 1. The van der Waals surface area contributed by atoms with Crippen molar-refractivity contribution in [3.05, 3.63) is 34.9 Å². The summed E-state index contributed by atoms with van der Waals surface area (Å²) in [6, 6.07) is 8.64. The number of hydrogen-bond donors (Lipinski definition) is 1. The van der Waals surface area contributed by atoms with E-state index in [1.54, 1.807) is 0 Å². The third-order valence-electron chi connectivity index (χ3n) is 3.05. The average Bonchev–Trinajstić information content (AvgIpc) is 2.29. The number of hydrogen-bond acceptors (Lipinski definition) is 2. The van der Waals surface area contributed by atoms with Gasteiger partial charge in [-0.1, -0.05) is 51.4 Å². The highest BCUT2D eigenvalue weighted by Gasteiger charge is 2.20. The second kappa shape index (κ2) is 7.28. The van der Waals surface area contributed by atoms with Gasteiger partial charge in [-0.15, -0.1) is 0 Å². The standard InChI is InChI=1S/C16H27ClN2/c1-13(2)18-11-16(3,4)12-19(5)10-14-6-8-15(17)9-7-14/h6-9,13,18H,10-12H2,1-5H3. The minimum Gasteiger partial charge on any atom is -0.314 e. The number of rotatable bonds is 7. The fraction of sp³-hybridized carbons (Fsp3) is 0.625. The Morgan fingerprint density at radius 1 is 1.21 bits per heavy atom. The normalized spacial score (nSPS) is 12.4. The Balaban J connectivity index is 2.45. The van der Waals surface area contributed by atoms with E-state index in [0.29, 0.717) is 6.04 Å². The van der Waals surface area contributed by atoms with Crippen molar-refractivity contribution >= 4 is 11.6 Å². The van der Waals surface area contributed by atoms with Crippen LogP contribution in [0.3, 0.4) is 0 Å². The third kappa shape index (κ3) is 6.95. The molecule has 1 aromatic rings. The number of nitrogens with zero attached hydrogens (tertiary/aromatic N) is 1. The first-order valence-electron chi connectivity index (χ1n) is 6.95. The second-order valence-electron chi connectivity index (χ2n) is 6.50. The molecule has 1 N–H and O–H groups in total. The highest BCUT2D eigenvalue weighted by Crippen LogP contribution is 2.17. The van der Waals surface area contributed by atoms with Crippen LogP contribution in [0.1, 0.15) is 33.3 Å². The van der Waals surface area contributed by atoms with Gasteiger partial charge in [-0.25, -0.2) is 0 Å². The topological polar surface area (TPSA) is 15.3 Å². The Labute approximate surface area is 123 Å². The van der Waals surface area contributed by atoms with Gasteiger partial charge in [0.15, 0.2) is 0 Å². The van der Waals surface area contributed by atoms with Gasteiger partial charge in [0.2, 0.25) is 0 Å². The molecule has 0 amide bonds. The molecular formula is C16H27ClN2. The molecule has 0 aromatic heterocycles. The van der Waals surface area contributed by atoms with E-state index in [-0.39, 0.29) is 5.41 Å². The Hall–Kier alpha value is -0.570. The second-order valence-corrected chi connectivity index (χ2v) is 6.94. The molecule has 0 atom stereocenters. The highest BCUT2D eigenvalue weighted by molar-refractivity contribution is 6.30. The first-order chi connectivity index (χ1) is 8.78. The minimum absolute atomic E-state index is 0.269. The lowest BCUT2D eigenvalue weighted by atomic mass is 9.92. The van der Waals surface area contributed by atoms with Gasteiger partial charge in [0.05, 0.1) is 0 Å². The summed E-state index contributed by atoms with van der Waals surface area (Å²) in [6.45, 7) is 12.1. The zero-order chi connectivity index (χ0) is 14.5. The van der Waals surface area contributed by atoms with Crippen LogP contribution in [-0.4, -0.2) is 31.1 Å². The summed E-state index contributed by atoms with van der Waals surface area (Å²) in [5, 5.41) is 4.32. The summed E-state index contributed by atoms with van der Waals surface area (Å²) in [4.78, 5) is 2.37. The first kappa shape index (κ1) is 16.5. The van der Waals surface area contributed by atoms with Crippen LogP contribution in [0.5, 0.6) is 0 Å². The lowest BCUT2D eigenvalue weighted by Crippen LogP contribution is -2.40. The molecule has 0 aliphatic carbocycles. The smallest absolute Gasteiger partial charge is 0.0406 e. The highest BCUT2D eigenvalue weighted by atomic mass is 35.5. The van der Waals surface area contributed by atoms with Crippen LogP contribution in [0, 0.1) is 5.41 Å². The molecule has 0 saturated heterocycles. The lowest BCUT2D eigenvalue weighted by Gasteiger charge is -2.31. The van der Waals surface area contributed by atoms with E-state index in [1.165, 1.54) is 5.56 Å². The van der Waals surface area contributed by atoms with Gasteiger partial charge >= 0.3 is 0 Å². The van der Waals surface area contributed by atoms with Gasteiger partial charge in [0.1, 0.15) is 0 Å². The van der Waals surface area contributed by atoms with Crippen LogP contribution < -0.4 is 5.32 Å². The summed E-state index contributed by atoms with van der Waals surface area (Å²) < 4.78 is 0. The van der Waals surface area contributed by atoms with Crippen molar-refractivity contribution in [2.45, 2.75) is 40.3 Å². The summed E-state index contributed by atoms with van der Waals surface area (Å²) in [6.07, 6.45) is 0. The molecule has 1 rings (SSSR count). The van der Waals surface area contributed by atoms with Crippen LogP contribution in [0.4, 0.5) is 0 Å². The van der Waals surface area contributed by atoms with Crippen molar-refractivity contribution in [2.75, 3.05) is 20.1 Å². The predicted octanol–water partition coefficient (Wildman–Crippen LogP) is 3.80. The van der Waals surface area contributed by atoms with E-state index >= 15 is 0 Å². The molecule has 0 unspecified atom stereocenters. The molecule has 0 aliphatic heterocycles. The Bertz CT molecular complexity index is 371. The van der Waals surface area contributed by atoms with Crippen molar-refractivity contribution < 1.29 is 0 Å². The first-order valence-corrected chi connectivity index (χ1v) is 7.33. The predicted molar refractivity (Wildman–Crippen MR) is 84.7 cm³/mol. The molecule has 0 saturated carbocycles. The third-order valence-corrected chi connectivity index (χ3v) is 3.30. The summed E-state index contributed by atoms with van der Waals surface area (Å²) in [5.41, 5.74) is 1.57. The summed E-state index contributed by atoms with van der Waals surface area (Å²) >= 11 is 5.90. The lowest BCUT2D eigenvalue weighted by molar-refractivity contribution is 0.195. The van der Waals surface area contributed by atoms with E-state index in [9.17, 15) is 0 Å². The number of nitrogens with one attached hydrogen (secondary N) is 1. The quantitative estimate of drug-likeness (QED) is 0.818. The molecule has 1 aromatic carbocycles. The van der Waals surface area contributed by atoms with Crippen molar-refractivity contribution in [1.82, 2.24) is 10.2 Å². The van der Waals surface area contributed by atoms with E-state index in [1.807, 2.05) is 12.1 Å². The van der Waals surface area contributed by atoms with Crippen molar-refractivity contribution in [1.29, 1.82) is 0 Å². The fourth-order valence-corrected chi connectivity index (χ4v) is 2.35. The monoisotopic (exact) mass is 282 g/mol. The van der Waals surface area contributed by atoms with E-state index in [0.717, 1.165) is 24.7 Å². The Kier molecular flexibility index (Phi) is 6.31. The molecule has 0 bridgehead atoms. The van der Waals surface area contributed by atoms with Gasteiger partial charge in [0.25, 0.3) is 0 Å². The van der Waals surface area contributed by atoms with Gasteiger partial charge in [0, 0.05) is 30.7 Å². The van der Waals surface area contributed by atoms with Gasteiger partial charge in [-0.3, -0.25) is 0 Å². The Morgan fingerprint density at radius 3 is 2.32 bits per heavy atom. The summed E-state index contributed by atoms with van der Waals surface area (Å²) in [7, 11) is 2.17. The molecule has 0 radical (unpaired) electrons. The SMILES string of the molecule is CC(C)NCC(C)(C)CN(C)Cc1ccc(Cl)cc1. The van der Waals surface area contributed by atoms with Gasteiger partial charge in [-0.05, 0) is 30.2 Å². The maximum atomic E-state index is 5.90. The minimum atomic E-state index is 0.269. The average molecular weight is 283 g/mol. The van der Waals surface area contributed by atoms with Gasteiger partial charge < -0.3 is 10.2 Å². The molecule has 0 heterocycles. The molecule has 2 nitrogen and oxygen atoms in total. The number of halogens is 1. The van der Waals surface area contributed by atoms with Crippen LogP contribution in [0.2, 0.25) is 5.02 Å². The molecule has 0 spiro atoms. The molecule has 0 aliphatic rings. The van der Waals surface area contributed by atoms with Crippen molar-refractivity contribution in [3.8, 4) is 0 Å². The largest absolute Gasteiger partial charge is 0.314 e. The van der Waals surface area contributed by atoms with Crippen LogP contribution in [-0.2, 0) is 6.54 Å². The summed E-state index contributed by atoms with van der Waals surface area (Å²) in [5.74, 6) is 0. The zero-order valence-corrected chi connectivity index (χ0v) is 13.6. The van der Waals surface area contributed by atoms with Crippen molar-refractivity contribution in [2.24, 2.45) is 5.41 Å². The molecule has 108 valence electrons. The molecular weight excluding hydrogens is 256 g/mol. The maximum Gasteiger partial charge on any atom is 0.0406 e. The van der Waals surface area contributed by atoms with Crippen LogP contribution in [0.15, 0.2) is 24.3 Å². The molecule has 3 heteroatoms. The van der Waals surface area contributed by atoms with Crippen molar-refractivity contribution in [3.63, 3.8) is 0 Å². The maximum absolute atomic E-state index is 5.90. The fourth-order valence-electron chi connectivity index (χ4n) is 2.22. The zero-order valence-electron chi connectivity index (χ0n) is 12.8. The Morgan fingerprint density at radius 2 is 1.79 bits per heavy atom. The van der Waals surface area contributed by atoms with E-state index in [2.05, 4.69) is 57.1 Å². The van der Waals surface area contributed by atoms with E-state index in [4.69, 9.17) is 11.6 Å².